The van der Waals surface area contributed by atoms with Crippen LogP contribution in [0.1, 0.15) is 20.8 Å². The van der Waals surface area contributed by atoms with E-state index in [1.807, 2.05) is 18.2 Å². The van der Waals surface area contributed by atoms with Gasteiger partial charge in [-0.1, -0.05) is 42.5 Å². The minimum Gasteiger partial charge on any atom is -0.482 e. The van der Waals surface area contributed by atoms with Gasteiger partial charge in [0.15, 0.2) is 6.61 Å². The van der Waals surface area contributed by atoms with Crippen LogP contribution in [0.15, 0.2) is 84.9 Å². The van der Waals surface area contributed by atoms with E-state index in [-0.39, 0.29) is 25.6 Å². The molecule has 4 amide bonds. The summed E-state index contributed by atoms with van der Waals surface area (Å²) in [6.07, 6.45) is 0. The van der Waals surface area contributed by atoms with Gasteiger partial charge in [0.1, 0.15) is 17.9 Å². The highest BCUT2D eigenvalue weighted by atomic mass is 16.6. The molecule has 0 aromatic heterocycles. The van der Waals surface area contributed by atoms with Gasteiger partial charge < -0.3 is 29.9 Å². The van der Waals surface area contributed by atoms with Crippen molar-refractivity contribution in [2.75, 3.05) is 41.9 Å². The Bertz CT molecular complexity index is 1310. The van der Waals surface area contributed by atoms with E-state index in [1.165, 1.54) is 9.80 Å². The highest BCUT2D eigenvalue weighted by molar-refractivity contribution is 6.05. The summed E-state index contributed by atoms with van der Waals surface area (Å²) in [4.78, 5) is 53.4. The third-order valence-corrected chi connectivity index (χ3v) is 5.45. The van der Waals surface area contributed by atoms with Crippen LogP contribution in [-0.2, 0) is 19.1 Å². The molecule has 0 saturated heterocycles. The average Bonchev–Trinajstić information content (AvgIpc) is 2.93. The first-order chi connectivity index (χ1) is 19.0. The molecule has 0 radical (unpaired) electrons. The first kappa shape index (κ1) is 29.7. The number of para-hydroxylation sites is 2. The fourth-order valence-corrected chi connectivity index (χ4v) is 3.57. The van der Waals surface area contributed by atoms with Gasteiger partial charge in [0, 0.05) is 30.2 Å². The van der Waals surface area contributed by atoms with Crippen molar-refractivity contribution >= 4 is 40.9 Å². The lowest BCUT2D eigenvalue weighted by atomic mass is 10.2. The minimum absolute atomic E-state index is 0.214. The van der Waals surface area contributed by atoms with Crippen molar-refractivity contribution < 1.29 is 28.7 Å². The highest BCUT2D eigenvalue weighted by Gasteiger charge is 2.22. The fraction of sp³-hybridized carbons (Fsp3) is 0.267. The molecule has 0 aliphatic heterocycles. The Kier molecular flexibility index (Phi) is 10.2. The number of anilines is 3. The maximum atomic E-state index is 13.1. The molecule has 40 heavy (non-hydrogen) atoms. The maximum absolute atomic E-state index is 13.1. The predicted octanol–water partition coefficient (Wildman–Crippen LogP) is 4.22. The van der Waals surface area contributed by atoms with E-state index in [4.69, 9.17) is 9.47 Å². The van der Waals surface area contributed by atoms with E-state index < -0.39 is 23.5 Å². The number of urea groups is 1. The van der Waals surface area contributed by atoms with Gasteiger partial charge in [-0.15, -0.1) is 0 Å². The van der Waals surface area contributed by atoms with E-state index in [1.54, 1.807) is 94.5 Å². The summed E-state index contributed by atoms with van der Waals surface area (Å²) in [6.45, 7) is 4.44. The summed E-state index contributed by atoms with van der Waals surface area (Å²) in [7, 11) is 1.64. The summed E-state index contributed by atoms with van der Waals surface area (Å²) in [6, 6.07) is 23.7. The number of carbonyl (C=O) groups excluding carboxylic acids is 4. The van der Waals surface area contributed by atoms with Gasteiger partial charge in [-0.05, 0) is 57.2 Å². The van der Waals surface area contributed by atoms with Crippen molar-refractivity contribution in [3.8, 4) is 5.75 Å². The van der Waals surface area contributed by atoms with Crippen LogP contribution in [0.4, 0.5) is 21.9 Å². The van der Waals surface area contributed by atoms with Crippen molar-refractivity contribution in [2.24, 2.45) is 0 Å². The van der Waals surface area contributed by atoms with Gasteiger partial charge in [-0.25, -0.2) is 9.59 Å². The van der Waals surface area contributed by atoms with Gasteiger partial charge in [0.05, 0.1) is 6.54 Å². The highest BCUT2D eigenvalue weighted by Crippen LogP contribution is 2.19. The summed E-state index contributed by atoms with van der Waals surface area (Å²) in [5.41, 5.74) is 0.994. The zero-order chi connectivity index (χ0) is 29.1. The van der Waals surface area contributed by atoms with Crippen LogP contribution in [0.25, 0.3) is 0 Å². The molecule has 210 valence electrons. The topological polar surface area (TPSA) is 117 Å². The van der Waals surface area contributed by atoms with Crippen LogP contribution in [-0.4, -0.2) is 56.2 Å². The van der Waals surface area contributed by atoms with E-state index in [0.717, 1.165) is 0 Å². The Labute approximate surface area is 233 Å². The minimum atomic E-state index is -0.626. The second-order valence-electron chi connectivity index (χ2n) is 9.81. The Balaban J connectivity index is 1.58. The molecular formula is C30H34N4O6. The first-order valence-electron chi connectivity index (χ1n) is 12.7. The SMILES string of the molecule is CN(C(=O)CN(C(=O)CNC(=O)Nc1cccc(OCC(=O)OC(C)(C)C)c1)c1ccccc1)c1ccccc1. The van der Waals surface area contributed by atoms with Crippen molar-refractivity contribution in [3.63, 3.8) is 0 Å². The Morgan fingerprint density at radius 1 is 0.800 bits per heavy atom. The number of amides is 4. The smallest absolute Gasteiger partial charge is 0.344 e. The number of ether oxygens (including phenoxy) is 2. The summed E-state index contributed by atoms with van der Waals surface area (Å²) >= 11 is 0. The van der Waals surface area contributed by atoms with Gasteiger partial charge in [0.2, 0.25) is 11.8 Å². The van der Waals surface area contributed by atoms with Crippen LogP contribution in [0.3, 0.4) is 0 Å². The third-order valence-electron chi connectivity index (χ3n) is 5.45. The molecule has 3 aromatic rings. The molecule has 3 rings (SSSR count). The second kappa shape index (κ2) is 13.8. The molecular weight excluding hydrogens is 512 g/mol. The molecule has 0 heterocycles. The van der Waals surface area contributed by atoms with Crippen molar-refractivity contribution in [1.29, 1.82) is 0 Å². The van der Waals surface area contributed by atoms with Crippen LogP contribution >= 0.6 is 0 Å². The lowest BCUT2D eigenvalue weighted by molar-refractivity contribution is -0.157. The molecule has 0 bridgehead atoms. The Morgan fingerprint density at radius 3 is 2.05 bits per heavy atom. The number of hydrogen-bond donors (Lipinski definition) is 2. The summed E-state index contributed by atoms with van der Waals surface area (Å²) < 4.78 is 10.7. The van der Waals surface area contributed by atoms with Crippen LogP contribution in [0.2, 0.25) is 0 Å². The molecule has 10 nitrogen and oxygen atoms in total. The molecule has 0 unspecified atom stereocenters. The van der Waals surface area contributed by atoms with E-state index >= 15 is 0 Å². The van der Waals surface area contributed by atoms with Gasteiger partial charge >= 0.3 is 12.0 Å². The number of nitrogens with zero attached hydrogens (tertiary/aromatic N) is 2. The van der Waals surface area contributed by atoms with Crippen LogP contribution in [0, 0.1) is 0 Å². The molecule has 0 atom stereocenters. The zero-order valence-electron chi connectivity index (χ0n) is 23.0. The maximum Gasteiger partial charge on any atom is 0.344 e. The summed E-state index contributed by atoms with van der Waals surface area (Å²) in [5, 5.41) is 5.16. The quantitative estimate of drug-likeness (QED) is 0.368. The van der Waals surface area contributed by atoms with E-state index in [0.29, 0.717) is 22.8 Å². The lowest BCUT2D eigenvalue weighted by Gasteiger charge is -2.25. The third kappa shape index (κ3) is 9.46. The predicted molar refractivity (Wildman–Crippen MR) is 153 cm³/mol. The van der Waals surface area contributed by atoms with E-state index in [9.17, 15) is 19.2 Å². The normalized spacial score (nSPS) is 10.7. The van der Waals surface area contributed by atoms with Crippen molar-refractivity contribution in [3.05, 3.63) is 84.9 Å². The number of rotatable bonds is 10. The van der Waals surface area contributed by atoms with Crippen LogP contribution < -0.4 is 25.2 Å². The first-order valence-corrected chi connectivity index (χ1v) is 12.7. The number of nitrogens with one attached hydrogen (secondary N) is 2. The Morgan fingerprint density at radius 2 is 1.43 bits per heavy atom. The average molecular weight is 547 g/mol. The number of hydrogen-bond acceptors (Lipinski definition) is 6. The largest absolute Gasteiger partial charge is 0.482 e. The molecule has 2 N–H and O–H groups in total. The molecule has 0 aliphatic rings. The standard InChI is InChI=1S/C30H34N4O6/c1-30(2,3)40-28(37)21-39-25-17-11-12-22(18-25)32-29(38)31-19-26(35)34(24-15-9-6-10-16-24)20-27(36)33(4)23-13-7-5-8-14-23/h5-18H,19-21H2,1-4H3,(H2,31,32,38). The van der Waals surface area contributed by atoms with Crippen molar-refractivity contribution in [2.45, 2.75) is 26.4 Å². The van der Waals surface area contributed by atoms with Gasteiger partial charge in [-0.2, -0.15) is 0 Å². The number of likely N-dealkylation sites (N-methyl/N-ethyl adjacent to an activating group) is 1. The van der Waals surface area contributed by atoms with Crippen LogP contribution in [0.5, 0.6) is 5.75 Å². The molecule has 10 heteroatoms. The molecule has 3 aromatic carbocycles. The molecule has 0 spiro atoms. The Hall–Kier alpha value is -4.86. The number of carbonyl (C=O) groups is 4. The fourth-order valence-electron chi connectivity index (χ4n) is 3.57. The summed E-state index contributed by atoms with van der Waals surface area (Å²) in [5.74, 6) is -0.920. The van der Waals surface area contributed by atoms with Gasteiger partial charge in [0.25, 0.3) is 0 Å². The number of esters is 1. The van der Waals surface area contributed by atoms with Crippen molar-refractivity contribution in [1.82, 2.24) is 5.32 Å². The monoisotopic (exact) mass is 546 g/mol. The zero-order valence-corrected chi connectivity index (χ0v) is 23.0. The molecule has 0 fully saturated rings. The lowest BCUT2D eigenvalue weighted by Crippen LogP contribution is -2.46. The second-order valence-corrected chi connectivity index (χ2v) is 9.81. The number of benzene rings is 3. The van der Waals surface area contributed by atoms with Gasteiger partial charge in [-0.3, -0.25) is 9.59 Å². The molecule has 0 saturated carbocycles. The molecule has 0 aliphatic carbocycles. The van der Waals surface area contributed by atoms with E-state index in [2.05, 4.69) is 10.6 Å².